The molecule has 0 fully saturated rings. The molecule has 0 aliphatic carbocycles. The molecule has 3 aromatic carbocycles. The molecule has 28 heavy (non-hydrogen) atoms. The lowest BCUT2D eigenvalue weighted by Crippen LogP contribution is -2.15. The summed E-state index contributed by atoms with van der Waals surface area (Å²) in [6, 6.07) is 25.5. The summed E-state index contributed by atoms with van der Waals surface area (Å²) in [6.07, 6.45) is -2.58. The number of nitrogens with one attached hydrogen (secondary N) is 1. The van der Waals surface area contributed by atoms with E-state index in [9.17, 15) is 0 Å². The fraction of sp³-hybridized carbons (Fsp3) is 0.200. The summed E-state index contributed by atoms with van der Waals surface area (Å²) in [6.45, 7) is -1.61. The highest BCUT2D eigenvalue weighted by molar-refractivity contribution is 5.98. The van der Waals surface area contributed by atoms with Crippen LogP contribution in [0.5, 0.6) is 5.75 Å². The predicted octanol–water partition coefficient (Wildman–Crippen LogP) is 6.08. The fourth-order valence-electron chi connectivity index (χ4n) is 2.93. The minimum Gasteiger partial charge on any atom is -0.492 e. The normalized spacial score (nSPS) is 15.0. The number of ether oxygens (including phenoxy) is 1. The predicted molar refractivity (Wildman–Crippen MR) is 122 cm³/mol. The molecule has 0 bridgehead atoms. The Labute approximate surface area is 181 Å². The molecular weight excluding hydrogens is 366 g/mol. The van der Waals surface area contributed by atoms with Crippen molar-refractivity contribution in [2.45, 2.75) is 13.2 Å². The second kappa shape index (κ2) is 11.3. The Kier molecular flexibility index (Phi) is 6.22. The molecule has 0 saturated carbocycles. The summed E-state index contributed by atoms with van der Waals surface area (Å²) < 4.78 is 46.9. The standard InChI is InChI=1S/C25H27NO.ClH/c1-3-24(20-10-6-4-7-11-20)25(21-12-8-5-9-13-21)22-14-16-23(17-15-22)27-19-18-26-2;/h4-17,26H,3,18-19H2,1-2H3;1H/b25-24-;/i1D3,3D2;. The highest BCUT2D eigenvalue weighted by atomic mass is 35.5. The van der Waals surface area contributed by atoms with Crippen molar-refractivity contribution in [1.82, 2.24) is 5.32 Å². The highest BCUT2D eigenvalue weighted by Crippen LogP contribution is 2.34. The van der Waals surface area contributed by atoms with Crippen LogP contribution in [0.1, 0.15) is 36.8 Å². The van der Waals surface area contributed by atoms with Crippen LogP contribution in [0.4, 0.5) is 0 Å². The number of benzene rings is 3. The molecule has 3 heteroatoms. The van der Waals surface area contributed by atoms with Crippen molar-refractivity contribution < 1.29 is 11.6 Å². The van der Waals surface area contributed by atoms with E-state index in [0.717, 1.165) is 5.56 Å². The van der Waals surface area contributed by atoms with Crippen LogP contribution in [0.25, 0.3) is 11.1 Å². The molecule has 1 N–H and O–H groups in total. The van der Waals surface area contributed by atoms with Gasteiger partial charge in [-0.05, 0) is 53.4 Å². The van der Waals surface area contributed by atoms with Gasteiger partial charge in [-0.3, -0.25) is 0 Å². The van der Waals surface area contributed by atoms with Crippen molar-refractivity contribution >= 4 is 23.6 Å². The first-order valence-electron chi connectivity index (χ1n) is 11.5. The molecule has 0 unspecified atom stereocenters. The zero-order valence-corrected chi connectivity index (χ0v) is 16.6. The van der Waals surface area contributed by atoms with Gasteiger partial charge in [0.25, 0.3) is 0 Å². The molecule has 0 radical (unpaired) electrons. The Morgan fingerprint density at radius 2 is 1.43 bits per heavy atom. The Balaban J connectivity index is 0.00000385. The van der Waals surface area contributed by atoms with Crippen LogP contribution in [0.15, 0.2) is 84.9 Å². The summed E-state index contributed by atoms with van der Waals surface area (Å²) >= 11 is 0. The number of likely N-dealkylation sites (N-methyl/N-ethyl adjacent to an activating group) is 1. The molecule has 3 aromatic rings. The first kappa shape index (κ1) is 15.4. The third-order valence-corrected chi connectivity index (χ3v) is 4.26. The van der Waals surface area contributed by atoms with Crippen LogP contribution in [0.2, 0.25) is 0 Å². The molecule has 146 valence electrons. The van der Waals surface area contributed by atoms with Gasteiger partial charge in [0.05, 0.1) is 0 Å². The van der Waals surface area contributed by atoms with Crippen LogP contribution in [0, 0.1) is 0 Å². The highest BCUT2D eigenvalue weighted by Gasteiger charge is 2.12. The second-order valence-electron chi connectivity index (χ2n) is 6.08. The van der Waals surface area contributed by atoms with E-state index in [1.807, 2.05) is 67.7 Å². The van der Waals surface area contributed by atoms with E-state index in [2.05, 4.69) is 5.32 Å². The van der Waals surface area contributed by atoms with Crippen molar-refractivity contribution in [2.75, 3.05) is 20.2 Å². The molecule has 0 atom stereocenters. The third kappa shape index (κ3) is 5.48. The summed E-state index contributed by atoms with van der Waals surface area (Å²) in [7, 11) is 1.85. The van der Waals surface area contributed by atoms with Crippen LogP contribution < -0.4 is 10.1 Å². The monoisotopic (exact) mass is 398 g/mol. The first-order valence-corrected chi connectivity index (χ1v) is 8.99. The van der Waals surface area contributed by atoms with Crippen LogP contribution in [-0.2, 0) is 0 Å². The van der Waals surface area contributed by atoms with Crippen molar-refractivity contribution in [3.8, 4) is 5.75 Å². The van der Waals surface area contributed by atoms with Crippen molar-refractivity contribution in [1.29, 1.82) is 0 Å². The van der Waals surface area contributed by atoms with E-state index in [-0.39, 0.29) is 18.0 Å². The zero-order chi connectivity index (χ0) is 23.2. The summed E-state index contributed by atoms with van der Waals surface area (Å²) in [5, 5.41) is 3.03. The Hall–Kier alpha value is -2.55. The van der Waals surface area contributed by atoms with Crippen LogP contribution >= 0.6 is 12.4 Å². The molecule has 0 aliphatic rings. The summed E-state index contributed by atoms with van der Waals surface area (Å²) in [4.78, 5) is 0. The molecular formula is C25H28ClNO. The fourth-order valence-corrected chi connectivity index (χ4v) is 2.93. The lowest BCUT2D eigenvalue weighted by atomic mass is 9.88. The lowest BCUT2D eigenvalue weighted by molar-refractivity contribution is 0.318. The number of allylic oxidation sites excluding steroid dienone is 1. The van der Waals surface area contributed by atoms with Crippen molar-refractivity contribution in [2.24, 2.45) is 0 Å². The maximum absolute atomic E-state index is 8.67. The molecule has 0 heterocycles. The Bertz CT molecular complexity index is 1040. The van der Waals surface area contributed by atoms with Gasteiger partial charge in [0.2, 0.25) is 0 Å². The van der Waals surface area contributed by atoms with E-state index in [1.54, 1.807) is 24.3 Å². The largest absolute Gasteiger partial charge is 0.492 e. The Morgan fingerprint density at radius 1 is 0.857 bits per heavy atom. The molecule has 3 rings (SSSR count). The number of hydrogen-bond donors (Lipinski definition) is 1. The molecule has 0 saturated heterocycles. The number of halogens is 1. The van der Waals surface area contributed by atoms with Gasteiger partial charge in [0.15, 0.2) is 0 Å². The molecule has 0 amide bonds. The second-order valence-corrected chi connectivity index (χ2v) is 6.08. The van der Waals surface area contributed by atoms with Crippen LogP contribution in [-0.4, -0.2) is 20.2 Å². The maximum Gasteiger partial charge on any atom is 0.119 e. The van der Waals surface area contributed by atoms with E-state index in [1.165, 1.54) is 0 Å². The average molecular weight is 399 g/mol. The van der Waals surface area contributed by atoms with E-state index >= 15 is 0 Å². The van der Waals surface area contributed by atoms with Gasteiger partial charge in [0.1, 0.15) is 12.4 Å². The van der Waals surface area contributed by atoms with Crippen LogP contribution in [0.3, 0.4) is 0 Å². The van der Waals surface area contributed by atoms with Gasteiger partial charge in [-0.15, -0.1) is 12.4 Å². The quantitative estimate of drug-likeness (QED) is 0.367. The number of rotatable bonds is 8. The minimum absolute atomic E-state index is 0. The first-order chi connectivity index (χ1) is 15.3. The smallest absolute Gasteiger partial charge is 0.119 e. The lowest BCUT2D eigenvalue weighted by Gasteiger charge is -2.17. The molecule has 0 aromatic heterocycles. The van der Waals surface area contributed by atoms with E-state index in [4.69, 9.17) is 11.6 Å². The average Bonchev–Trinajstić information content (AvgIpc) is 2.78. The van der Waals surface area contributed by atoms with Gasteiger partial charge < -0.3 is 10.1 Å². The van der Waals surface area contributed by atoms with Gasteiger partial charge >= 0.3 is 0 Å². The van der Waals surface area contributed by atoms with Gasteiger partial charge in [0, 0.05) is 13.4 Å². The molecule has 2 nitrogen and oxygen atoms in total. The van der Waals surface area contributed by atoms with Gasteiger partial charge in [-0.25, -0.2) is 0 Å². The zero-order valence-electron chi connectivity index (χ0n) is 20.8. The van der Waals surface area contributed by atoms with Crippen molar-refractivity contribution in [3.05, 3.63) is 102 Å². The summed E-state index contributed by atoms with van der Waals surface area (Å²) in [5.74, 6) is 0.691. The molecule has 0 aliphatic heterocycles. The maximum atomic E-state index is 8.67. The SMILES string of the molecule is Cl.[2H]C([2H])([2H])C([2H])([2H])/C(=C(\c1ccccc1)c1ccc(OCCNC)cc1)c1ccccc1. The van der Waals surface area contributed by atoms with Crippen molar-refractivity contribution in [3.63, 3.8) is 0 Å². The van der Waals surface area contributed by atoms with E-state index in [0.29, 0.717) is 35.6 Å². The summed E-state index contributed by atoms with van der Waals surface area (Å²) in [5.41, 5.74) is 2.65. The van der Waals surface area contributed by atoms with Gasteiger partial charge in [-0.2, -0.15) is 0 Å². The topological polar surface area (TPSA) is 21.3 Å². The third-order valence-electron chi connectivity index (χ3n) is 4.26. The number of hydrogen-bond acceptors (Lipinski definition) is 2. The Morgan fingerprint density at radius 3 is 2.00 bits per heavy atom. The minimum atomic E-state index is -2.85. The van der Waals surface area contributed by atoms with Gasteiger partial charge in [-0.1, -0.05) is 79.6 Å². The molecule has 0 spiro atoms. The van der Waals surface area contributed by atoms with E-state index < -0.39 is 13.2 Å².